The van der Waals surface area contributed by atoms with Gasteiger partial charge in [-0.3, -0.25) is 0 Å². The molecule has 9 heteroatoms. The quantitative estimate of drug-likeness (QED) is 0.423. The van der Waals surface area contributed by atoms with Gasteiger partial charge in [0.15, 0.2) is 0 Å². The molecule has 1 radical (unpaired) electrons. The van der Waals surface area contributed by atoms with Crippen LogP contribution in [0.4, 0.5) is 0 Å². The molecule has 111 valence electrons. The number of carboxylic acids is 4. The molecule has 0 heterocycles. The second-order valence-corrected chi connectivity index (χ2v) is 2.94. The average Bonchev–Trinajstić information content (AvgIpc) is 2.16. The summed E-state index contributed by atoms with van der Waals surface area (Å²) in [7, 11) is 0. The summed E-state index contributed by atoms with van der Waals surface area (Å²) in [6, 6.07) is 0. The topological polar surface area (TPSA) is 149 Å². The summed E-state index contributed by atoms with van der Waals surface area (Å²) in [5, 5.41) is 32.2. The minimum Gasteiger partial charge on any atom is -0.478 e. The first-order valence-electron chi connectivity index (χ1n) is 4.37. The molecule has 0 aliphatic carbocycles. The van der Waals surface area contributed by atoms with E-state index in [2.05, 4.69) is 0 Å². The molecule has 0 aromatic heterocycles. The van der Waals surface area contributed by atoms with E-state index < -0.39 is 23.9 Å². The van der Waals surface area contributed by atoms with Crippen molar-refractivity contribution in [1.82, 2.24) is 0 Å². The fourth-order valence-electron chi connectivity index (χ4n) is 0.494. The molecule has 0 aromatic rings. The maximum atomic E-state index is 9.90. The van der Waals surface area contributed by atoms with Gasteiger partial charge in [-0.15, -0.1) is 0 Å². The third kappa shape index (κ3) is 15.9. The molecule has 0 aliphatic rings. The Bertz CT molecular complexity index is 381. The molecule has 0 bridgehead atoms. The van der Waals surface area contributed by atoms with Gasteiger partial charge in [0, 0.05) is 40.4 Å². The summed E-state index contributed by atoms with van der Waals surface area (Å²) in [6.07, 6.45) is 1.28. The third-order valence-electron chi connectivity index (χ3n) is 1.35. The van der Waals surface area contributed by atoms with E-state index >= 15 is 0 Å². The zero-order valence-corrected chi connectivity index (χ0v) is 10.8. The van der Waals surface area contributed by atoms with Crippen LogP contribution in [0.3, 0.4) is 0 Å². The zero-order chi connectivity index (χ0) is 14.9. The van der Waals surface area contributed by atoms with Gasteiger partial charge in [0.25, 0.3) is 0 Å². The van der Waals surface area contributed by atoms with E-state index in [-0.39, 0.29) is 28.2 Å². The first-order valence-corrected chi connectivity index (χ1v) is 4.37. The normalized spacial score (nSPS) is 10.4. The molecular weight excluding hydrogens is 312 g/mol. The van der Waals surface area contributed by atoms with Crippen molar-refractivity contribution >= 4 is 23.9 Å². The van der Waals surface area contributed by atoms with Crippen LogP contribution in [0.15, 0.2) is 23.3 Å². The maximum absolute atomic E-state index is 9.90. The van der Waals surface area contributed by atoms with Crippen molar-refractivity contribution in [3.8, 4) is 0 Å². The van der Waals surface area contributed by atoms with Crippen LogP contribution < -0.4 is 0 Å². The van der Waals surface area contributed by atoms with Crippen molar-refractivity contribution in [2.75, 3.05) is 0 Å². The van der Waals surface area contributed by atoms with Gasteiger partial charge >= 0.3 is 23.9 Å². The minimum atomic E-state index is -1.24. The van der Waals surface area contributed by atoms with Crippen LogP contribution in [0.2, 0.25) is 0 Å². The molecule has 0 aromatic carbocycles. The van der Waals surface area contributed by atoms with Gasteiger partial charge in [-0.25, -0.2) is 19.2 Å². The van der Waals surface area contributed by atoms with E-state index in [4.69, 9.17) is 20.4 Å². The van der Waals surface area contributed by atoms with Crippen LogP contribution in [0.1, 0.15) is 13.8 Å². The molecule has 0 saturated carbocycles. The van der Waals surface area contributed by atoms with E-state index in [9.17, 15) is 19.2 Å². The Morgan fingerprint density at radius 2 is 0.895 bits per heavy atom. The van der Waals surface area contributed by atoms with Crippen molar-refractivity contribution in [2.45, 2.75) is 13.8 Å². The standard InChI is InChI=1S/2C5H6O4.Cu/c2*1-3(5(8)9)2-4(6)7;/h2*2H,1H3,(H,6,7)(H,8,9);/b2*3-2-;. The Morgan fingerprint density at radius 1 is 0.684 bits per heavy atom. The number of carboxylic acid groups (broad SMARTS) is 4. The van der Waals surface area contributed by atoms with Crippen molar-refractivity contribution < 1.29 is 56.7 Å². The van der Waals surface area contributed by atoms with Gasteiger partial charge in [-0.05, 0) is 13.8 Å². The fraction of sp³-hybridized carbons (Fsp3) is 0.200. The van der Waals surface area contributed by atoms with E-state index in [1.807, 2.05) is 0 Å². The van der Waals surface area contributed by atoms with Crippen LogP contribution in [0, 0.1) is 0 Å². The number of rotatable bonds is 4. The van der Waals surface area contributed by atoms with Crippen molar-refractivity contribution in [3.63, 3.8) is 0 Å². The fourth-order valence-corrected chi connectivity index (χ4v) is 0.494. The Balaban J connectivity index is -0.000000256. The number of hydrogen-bond acceptors (Lipinski definition) is 4. The van der Waals surface area contributed by atoms with Crippen molar-refractivity contribution in [1.29, 1.82) is 0 Å². The molecule has 0 atom stereocenters. The minimum absolute atomic E-state index is 0. The molecule has 0 aliphatic heterocycles. The molecular formula is C10H12CuO8. The second-order valence-electron chi connectivity index (χ2n) is 2.94. The van der Waals surface area contributed by atoms with Crippen LogP contribution in [0.25, 0.3) is 0 Å². The predicted octanol–water partition coefficient (Wildman–Crippen LogP) is 0.201. The summed E-state index contributed by atoms with van der Waals surface area (Å²) >= 11 is 0. The van der Waals surface area contributed by atoms with Gasteiger partial charge in [-0.1, -0.05) is 0 Å². The first kappa shape index (κ1) is 22.1. The van der Waals surface area contributed by atoms with E-state index in [1.54, 1.807) is 0 Å². The average molecular weight is 324 g/mol. The second kappa shape index (κ2) is 11.0. The molecule has 8 nitrogen and oxygen atoms in total. The van der Waals surface area contributed by atoms with Gasteiger partial charge in [0.05, 0.1) is 0 Å². The zero-order valence-electron chi connectivity index (χ0n) is 9.88. The van der Waals surface area contributed by atoms with Crippen molar-refractivity contribution in [2.24, 2.45) is 0 Å². The molecule has 0 unspecified atom stereocenters. The van der Waals surface area contributed by atoms with E-state index in [0.29, 0.717) is 12.2 Å². The van der Waals surface area contributed by atoms with Gasteiger partial charge < -0.3 is 20.4 Å². The van der Waals surface area contributed by atoms with Crippen molar-refractivity contribution in [3.05, 3.63) is 23.3 Å². The molecule has 0 saturated heterocycles. The Hall–Kier alpha value is -2.12. The number of carbonyl (C=O) groups is 4. The Labute approximate surface area is 118 Å². The monoisotopic (exact) mass is 323 g/mol. The Kier molecular flexibility index (Phi) is 12.8. The van der Waals surface area contributed by atoms with Crippen LogP contribution in [-0.4, -0.2) is 44.3 Å². The number of aliphatic carboxylic acids is 4. The Morgan fingerprint density at radius 3 is 0.947 bits per heavy atom. The summed E-state index contributed by atoms with van der Waals surface area (Å²) in [5.74, 6) is -4.90. The van der Waals surface area contributed by atoms with Gasteiger partial charge in [0.1, 0.15) is 0 Å². The molecule has 0 amide bonds. The third-order valence-corrected chi connectivity index (χ3v) is 1.35. The molecule has 0 spiro atoms. The smallest absolute Gasteiger partial charge is 0.331 e. The number of hydrogen-bond donors (Lipinski definition) is 4. The maximum Gasteiger partial charge on any atom is 0.331 e. The molecule has 0 fully saturated rings. The van der Waals surface area contributed by atoms with E-state index in [0.717, 1.165) is 0 Å². The van der Waals surface area contributed by atoms with Gasteiger partial charge in [0.2, 0.25) is 0 Å². The summed E-state index contributed by atoms with van der Waals surface area (Å²) < 4.78 is 0. The predicted molar refractivity (Wildman–Crippen MR) is 58.1 cm³/mol. The summed E-state index contributed by atoms with van der Waals surface area (Å²) in [4.78, 5) is 39.4. The van der Waals surface area contributed by atoms with Gasteiger partial charge in [-0.2, -0.15) is 0 Å². The van der Waals surface area contributed by atoms with Crippen LogP contribution in [0.5, 0.6) is 0 Å². The largest absolute Gasteiger partial charge is 0.478 e. The molecule has 0 rings (SSSR count). The van der Waals surface area contributed by atoms with Crippen LogP contribution >= 0.6 is 0 Å². The summed E-state index contributed by atoms with van der Waals surface area (Å²) in [6.45, 7) is 2.44. The summed E-state index contributed by atoms with van der Waals surface area (Å²) in [5.41, 5.74) is -0.356. The van der Waals surface area contributed by atoms with Crippen LogP contribution in [-0.2, 0) is 36.2 Å². The van der Waals surface area contributed by atoms with E-state index in [1.165, 1.54) is 13.8 Å². The first-order chi connectivity index (χ1) is 8.07. The SMILES string of the molecule is C/C(=C/C(=O)O)C(=O)O.C/C(=C/C(=O)O)C(=O)O.[Cu]. The molecule has 19 heavy (non-hydrogen) atoms. The molecule has 4 N–H and O–H groups in total.